The van der Waals surface area contributed by atoms with Crippen LogP contribution < -0.4 is 11.1 Å². The second-order valence-electron chi connectivity index (χ2n) is 5.98. The zero-order valence-corrected chi connectivity index (χ0v) is 15.5. The number of nitrogens with one attached hydrogen (secondary N) is 1. The third-order valence-electron chi connectivity index (χ3n) is 4.39. The number of hydrogen-bond acceptors (Lipinski definition) is 4. The van der Waals surface area contributed by atoms with Gasteiger partial charge in [-0.1, -0.05) is 12.1 Å². The van der Waals surface area contributed by atoms with Crippen molar-refractivity contribution in [1.82, 2.24) is 14.9 Å². The predicted molar refractivity (Wildman–Crippen MR) is 98.7 cm³/mol. The Morgan fingerprint density at radius 3 is 2.58 bits per heavy atom. The molecule has 1 aromatic carbocycles. The van der Waals surface area contributed by atoms with Crippen molar-refractivity contribution in [3.8, 4) is 0 Å². The molecule has 0 radical (unpaired) electrons. The van der Waals surface area contributed by atoms with E-state index >= 15 is 0 Å². The molecule has 134 valence electrons. The highest BCUT2D eigenvalue weighted by atomic mass is 35.5. The number of fused-ring (bicyclic) bond motifs is 1. The molecule has 0 saturated carbocycles. The number of carbonyl (C=O) groups is 1. The van der Waals surface area contributed by atoms with Crippen molar-refractivity contribution in [1.29, 1.82) is 0 Å². The lowest BCUT2D eigenvalue weighted by Gasteiger charge is -2.32. The Labute approximate surface area is 154 Å². The molecule has 3 rings (SSSR count). The summed E-state index contributed by atoms with van der Waals surface area (Å²) < 4.78 is 7.29. The first-order valence-corrected chi connectivity index (χ1v) is 7.60. The SMILES string of the molecule is CC(NC(=O)C1(N)CCOCC1)c1nc2ccccc2n1C.Cl.Cl. The standard InChI is InChI=1S/C16H22N4O2.2ClH/c1-11(18-15(21)16(17)7-9-22-10-8-16)14-19-12-5-3-4-6-13(12)20(14)2;;/h3-6,11H,7-10,17H2,1-2H3,(H,18,21);2*1H. The summed E-state index contributed by atoms with van der Waals surface area (Å²) in [5.41, 5.74) is 7.36. The maximum Gasteiger partial charge on any atom is 0.240 e. The van der Waals surface area contributed by atoms with Crippen molar-refractivity contribution in [3.63, 3.8) is 0 Å². The van der Waals surface area contributed by atoms with Gasteiger partial charge in [0, 0.05) is 20.3 Å². The van der Waals surface area contributed by atoms with Gasteiger partial charge in [0.15, 0.2) is 0 Å². The van der Waals surface area contributed by atoms with Crippen LogP contribution >= 0.6 is 24.8 Å². The molecule has 1 atom stereocenters. The van der Waals surface area contributed by atoms with E-state index in [-0.39, 0.29) is 36.8 Å². The Kier molecular flexibility index (Phi) is 7.04. The number of amides is 1. The molecule has 0 bridgehead atoms. The number of carbonyl (C=O) groups excluding carboxylic acids is 1. The molecular formula is C16H24Cl2N4O2. The summed E-state index contributed by atoms with van der Waals surface area (Å²) in [6.07, 6.45) is 1.10. The van der Waals surface area contributed by atoms with E-state index < -0.39 is 5.54 Å². The van der Waals surface area contributed by atoms with Crippen molar-refractivity contribution in [3.05, 3.63) is 30.1 Å². The van der Waals surface area contributed by atoms with Crippen molar-refractivity contribution in [2.45, 2.75) is 31.3 Å². The Morgan fingerprint density at radius 2 is 1.96 bits per heavy atom. The number of aryl methyl sites for hydroxylation is 1. The van der Waals surface area contributed by atoms with E-state index in [9.17, 15) is 4.79 Å². The molecule has 1 unspecified atom stereocenters. The maximum absolute atomic E-state index is 12.5. The minimum atomic E-state index is -0.836. The van der Waals surface area contributed by atoms with Crippen LogP contribution in [0.3, 0.4) is 0 Å². The van der Waals surface area contributed by atoms with Gasteiger partial charge in [-0.3, -0.25) is 4.79 Å². The summed E-state index contributed by atoms with van der Waals surface area (Å²) in [5.74, 6) is 0.695. The number of imidazole rings is 1. The van der Waals surface area contributed by atoms with Gasteiger partial charge in [-0.25, -0.2) is 4.98 Å². The predicted octanol–water partition coefficient (Wildman–Crippen LogP) is 2.10. The van der Waals surface area contributed by atoms with Crippen LogP contribution in [-0.2, 0) is 16.6 Å². The van der Waals surface area contributed by atoms with E-state index in [1.807, 2.05) is 42.8 Å². The van der Waals surface area contributed by atoms with Gasteiger partial charge >= 0.3 is 0 Å². The monoisotopic (exact) mass is 374 g/mol. The molecule has 1 aliphatic heterocycles. The number of benzene rings is 1. The Balaban J connectivity index is 0.00000144. The van der Waals surface area contributed by atoms with Gasteiger partial charge in [0.25, 0.3) is 0 Å². The molecule has 1 saturated heterocycles. The van der Waals surface area contributed by atoms with Crippen LogP contribution in [0.15, 0.2) is 24.3 Å². The van der Waals surface area contributed by atoms with Crippen LogP contribution in [0.1, 0.15) is 31.6 Å². The van der Waals surface area contributed by atoms with Gasteiger partial charge in [-0.05, 0) is 31.9 Å². The first-order valence-electron chi connectivity index (χ1n) is 7.60. The van der Waals surface area contributed by atoms with E-state index in [4.69, 9.17) is 10.5 Å². The fourth-order valence-corrected chi connectivity index (χ4v) is 2.92. The molecule has 1 amide bonds. The molecule has 2 heterocycles. The molecule has 2 aromatic rings. The largest absolute Gasteiger partial charge is 0.381 e. The molecule has 1 fully saturated rings. The lowest BCUT2D eigenvalue weighted by Crippen LogP contribution is -2.57. The van der Waals surface area contributed by atoms with E-state index in [0.717, 1.165) is 16.9 Å². The highest BCUT2D eigenvalue weighted by molar-refractivity contribution is 5.86. The minimum Gasteiger partial charge on any atom is -0.381 e. The van der Waals surface area contributed by atoms with E-state index in [1.54, 1.807) is 0 Å². The Hall–Kier alpha value is -1.34. The topological polar surface area (TPSA) is 82.2 Å². The van der Waals surface area contributed by atoms with Crippen molar-refractivity contribution >= 4 is 41.8 Å². The normalized spacial score (nSPS) is 17.5. The fourth-order valence-electron chi connectivity index (χ4n) is 2.92. The van der Waals surface area contributed by atoms with Crippen LogP contribution in [0.4, 0.5) is 0 Å². The van der Waals surface area contributed by atoms with E-state index in [0.29, 0.717) is 26.1 Å². The molecule has 8 heteroatoms. The molecule has 24 heavy (non-hydrogen) atoms. The van der Waals surface area contributed by atoms with Crippen LogP contribution in [0.5, 0.6) is 0 Å². The Morgan fingerprint density at radius 1 is 1.33 bits per heavy atom. The number of nitrogens with zero attached hydrogens (tertiary/aromatic N) is 2. The molecule has 1 aliphatic rings. The van der Waals surface area contributed by atoms with E-state index in [2.05, 4.69) is 10.3 Å². The van der Waals surface area contributed by atoms with Crippen molar-refractivity contribution < 1.29 is 9.53 Å². The van der Waals surface area contributed by atoms with Gasteiger partial charge in [0.2, 0.25) is 5.91 Å². The van der Waals surface area contributed by atoms with Gasteiger partial charge in [-0.15, -0.1) is 24.8 Å². The number of nitrogens with two attached hydrogens (primary N) is 1. The highest BCUT2D eigenvalue weighted by Crippen LogP contribution is 2.22. The third-order valence-corrected chi connectivity index (χ3v) is 4.39. The minimum absolute atomic E-state index is 0. The van der Waals surface area contributed by atoms with Crippen molar-refractivity contribution in [2.24, 2.45) is 12.8 Å². The summed E-state index contributed by atoms with van der Waals surface area (Å²) in [6, 6.07) is 7.72. The van der Waals surface area contributed by atoms with E-state index in [1.165, 1.54) is 0 Å². The first kappa shape index (κ1) is 20.7. The number of rotatable bonds is 3. The van der Waals surface area contributed by atoms with Gasteiger partial charge < -0.3 is 20.4 Å². The van der Waals surface area contributed by atoms with Crippen LogP contribution in [-0.4, -0.2) is 34.2 Å². The lowest BCUT2D eigenvalue weighted by atomic mass is 9.90. The van der Waals surface area contributed by atoms with Gasteiger partial charge in [0.1, 0.15) is 5.82 Å². The average molecular weight is 375 g/mol. The second kappa shape index (κ2) is 8.16. The zero-order valence-electron chi connectivity index (χ0n) is 13.8. The summed E-state index contributed by atoms with van der Waals surface area (Å²) in [4.78, 5) is 17.1. The first-order chi connectivity index (χ1) is 10.5. The van der Waals surface area contributed by atoms with Gasteiger partial charge in [0.05, 0.1) is 22.6 Å². The number of halogens is 2. The van der Waals surface area contributed by atoms with Gasteiger partial charge in [-0.2, -0.15) is 0 Å². The number of aromatic nitrogens is 2. The maximum atomic E-state index is 12.5. The van der Waals surface area contributed by atoms with Crippen LogP contribution in [0.25, 0.3) is 11.0 Å². The summed E-state index contributed by atoms with van der Waals surface area (Å²) in [5, 5.41) is 3.01. The summed E-state index contributed by atoms with van der Waals surface area (Å²) >= 11 is 0. The third kappa shape index (κ3) is 3.83. The number of ether oxygens (including phenoxy) is 1. The summed E-state index contributed by atoms with van der Waals surface area (Å²) in [6.45, 7) is 3.00. The van der Waals surface area contributed by atoms with Crippen LogP contribution in [0, 0.1) is 0 Å². The van der Waals surface area contributed by atoms with Crippen molar-refractivity contribution in [2.75, 3.05) is 13.2 Å². The fraction of sp³-hybridized carbons (Fsp3) is 0.500. The Bertz CT molecular complexity index is 698. The zero-order chi connectivity index (χ0) is 15.7. The molecule has 6 nitrogen and oxygen atoms in total. The molecular weight excluding hydrogens is 351 g/mol. The smallest absolute Gasteiger partial charge is 0.240 e. The molecule has 0 spiro atoms. The number of hydrogen-bond donors (Lipinski definition) is 2. The molecule has 0 aliphatic carbocycles. The quantitative estimate of drug-likeness (QED) is 0.861. The second-order valence-corrected chi connectivity index (χ2v) is 5.98. The average Bonchev–Trinajstić information content (AvgIpc) is 2.86. The molecule has 1 aromatic heterocycles. The summed E-state index contributed by atoms with van der Waals surface area (Å²) in [7, 11) is 1.96. The van der Waals surface area contributed by atoms with Crippen LogP contribution in [0.2, 0.25) is 0 Å². The lowest BCUT2D eigenvalue weighted by molar-refractivity contribution is -0.130. The molecule has 3 N–H and O–H groups in total. The highest BCUT2D eigenvalue weighted by Gasteiger charge is 2.36. The number of para-hydroxylation sites is 2.